The van der Waals surface area contributed by atoms with E-state index in [-0.39, 0.29) is 5.25 Å². The maximum absolute atomic E-state index is 10.3. The molecule has 0 aromatic rings. The fraction of sp³-hybridized carbons (Fsp3) is 0.875. The van der Waals surface area contributed by atoms with Gasteiger partial charge >= 0.3 is 6.03 Å². The summed E-state index contributed by atoms with van der Waals surface area (Å²) in [6.45, 7) is 3.86. The van der Waals surface area contributed by atoms with Crippen LogP contribution in [-0.2, 0) is 4.74 Å². The van der Waals surface area contributed by atoms with Crippen LogP contribution in [0, 0.1) is 0 Å². The van der Waals surface area contributed by atoms with Crippen molar-refractivity contribution in [3.8, 4) is 0 Å². The molecule has 3 N–H and O–H groups in total. The normalized spacial score (nSPS) is 12.5. The third-order valence-corrected chi connectivity index (χ3v) is 1.80. The predicted octanol–water partition coefficient (Wildman–Crippen LogP) is 0.770. The van der Waals surface area contributed by atoms with Crippen molar-refractivity contribution in [3.63, 3.8) is 0 Å². The smallest absolute Gasteiger partial charge is 0.312 e. The van der Waals surface area contributed by atoms with Gasteiger partial charge in [0.2, 0.25) is 0 Å². The first-order chi connectivity index (χ1) is 6.16. The molecular formula is C8H18N2O2S. The van der Waals surface area contributed by atoms with Gasteiger partial charge in [-0.05, 0) is 6.42 Å². The summed E-state index contributed by atoms with van der Waals surface area (Å²) in [5, 5.41) is 2.49. The molecule has 0 rings (SSSR count). The number of hydrogen-bond acceptors (Lipinski definition) is 3. The first kappa shape index (κ1) is 12.6. The number of unbranched alkanes of at least 4 members (excludes halogenated alkanes) is 1. The Morgan fingerprint density at radius 3 is 2.92 bits per heavy atom. The van der Waals surface area contributed by atoms with Gasteiger partial charge in [0, 0.05) is 18.4 Å². The highest BCUT2D eigenvalue weighted by molar-refractivity contribution is 7.81. The molecule has 0 radical (unpaired) electrons. The lowest BCUT2D eigenvalue weighted by molar-refractivity contribution is 0.132. The first-order valence-electron chi connectivity index (χ1n) is 4.46. The molecular weight excluding hydrogens is 188 g/mol. The molecule has 0 aliphatic rings. The zero-order valence-corrected chi connectivity index (χ0v) is 8.85. The maximum atomic E-state index is 10.3. The van der Waals surface area contributed by atoms with E-state index >= 15 is 0 Å². The van der Waals surface area contributed by atoms with Crippen LogP contribution in [-0.4, -0.2) is 31.0 Å². The Labute approximate surface area is 84.6 Å². The summed E-state index contributed by atoms with van der Waals surface area (Å²) >= 11 is 4.21. The number of primary amides is 1. The molecule has 4 nitrogen and oxygen atoms in total. The molecule has 0 fully saturated rings. The molecule has 78 valence electrons. The van der Waals surface area contributed by atoms with Crippen molar-refractivity contribution in [2.75, 3.05) is 19.8 Å². The highest BCUT2D eigenvalue weighted by atomic mass is 32.1. The zero-order valence-electron chi connectivity index (χ0n) is 7.95. The maximum Gasteiger partial charge on any atom is 0.312 e. The Hall–Kier alpha value is -0.420. The molecule has 0 spiro atoms. The van der Waals surface area contributed by atoms with Crippen LogP contribution < -0.4 is 11.1 Å². The third kappa shape index (κ3) is 9.49. The van der Waals surface area contributed by atoms with Crippen molar-refractivity contribution in [2.24, 2.45) is 5.73 Å². The number of nitrogens with one attached hydrogen (secondary N) is 1. The Balaban J connectivity index is 3.19. The minimum absolute atomic E-state index is 0.0179. The highest BCUT2D eigenvalue weighted by Crippen LogP contribution is 1.96. The summed E-state index contributed by atoms with van der Waals surface area (Å²) in [5.41, 5.74) is 4.89. The Morgan fingerprint density at radius 1 is 1.69 bits per heavy atom. The molecule has 0 aliphatic heterocycles. The zero-order chi connectivity index (χ0) is 10.1. The van der Waals surface area contributed by atoms with E-state index in [0.717, 1.165) is 19.4 Å². The van der Waals surface area contributed by atoms with Gasteiger partial charge in [0.25, 0.3) is 0 Å². The van der Waals surface area contributed by atoms with Crippen molar-refractivity contribution in [1.29, 1.82) is 0 Å². The van der Waals surface area contributed by atoms with Gasteiger partial charge in [-0.1, -0.05) is 13.3 Å². The summed E-state index contributed by atoms with van der Waals surface area (Å²) < 4.78 is 5.30. The van der Waals surface area contributed by atoms with Crippen molar-refractivity contribution < 1.29 is 9.53 Å². The Bertz CT molecular complexity index is 144. The summed E-state index contributed by atoms with van der Waals surface area (Å²) in [5.74, 6) is 0. The summed E-state index contributed by atoms with van der Waals surface area (Å²) in [7, 11) is 0. The molecule has 0 aromatic carbocycles. The van der Waals surface area contributed by atoms with E-state index < -0.39 is 6.03 Å². The Kier molecular flexibility index (Phi) is 7.93. The molecule has 2 amide bonds. The summed E-state index contributed by atoms with van der Waals surface area (Å²) in [6.07, 6.45) is 2.18. The molecule has 5 heteroatoms. The molecule has 0 saturated heterocycles. The minimum atomic E-state index is -0.521. The van der Waals surface area contributed by atoms with Crippen LogP contribution in [0.3, 0.4) is 0 Å². The minimum Gasteiger partial charge on any atom is -0.380 e. The number of ether oxygens (including phenoxy) is 1. The molecule has 0 unspecified atom stereocenters. The summed E-state index contributed by atoms with van der Waals surface area (Å²) in [6, 6.07) is -0.521. The van der Waals surface area contributed by atoms with E-state index in [2.05, 4.69) is 24.9 Å². The molecule has 0 saturated carbocycles. The standard InChI is InChI=1S/C8H18N2O2S/c1-2-3-4-12-6-7(13)5-10-8(9)11/h7,13H,2-6H2,1H3,(H3,9,10,11)/t7-/m1/s1. The first-order valence-corrected chi connectivity index (χ1v) is 4.97. The van der Waals surface area contributed by atoms with Gasteiger partial charge < -0.3 is 15.8 Å². The average Bonchev–Trinajstić information content (AvgIpc) is 2.09. The van der Waals surface area contributed by atoms with Gasteiger partial charge in [-0.15, -0.1) is 0 Å². The van der Waals surface area contributed by atoms with Crippen molar-refractivity contribution >= 4 is 18.7 Å². The lowest BCUT2D eigenvalue weighted by atomic mass is 10.3. The quantitative estimate of drug-likeness (QED) is 0.425. The van der Waals surface area contributed by atoms with Crippen LogP contribution in [0.25, 0.3) is 0 Å². The lowest BCUT2D eigenvalue weighted by Gasteiger charge is -2.10. The number of thiol groups is 1. The third-order valence-electron chi connectivity index (χ3n) is 1.46. The number of rotatable bonds is 7. The van der Waals surface area contributed by atoms with Crippen molar-refractivity contribution in [3.05, 3.63) is 0 Å². The molecule has 0 aliphatic carbocycles. The van der Waals surface area contributed by atoms with E-state index in [1.807, 2.05) is 0 Å². The average molecular weight is 206 g/mol. The molecule has 13 heavy (non-hydrogen) atoms. The number of carbonyl (C=O) groups excluding carboxylic acids is 1. The van der Waals surface area contributed by atoms with Crippen LogP contribution in [0.4, 0.5) is 4.79 Å². The SMILES string of the molecule is CCCCOC[C@H](S)CNC(N)=O. The number of nitrogens with two attached hydrogens (primary N) is 1. The lowest BCUT2D eigenvalue weighted by Crippen LogP contribution is -2.35. The van der Waals surface area contributed by atoms with Gasteiger partial charge in [0.15, 0.2) is 0 Å². The van der Waals surface area contributed by atoms with Gasteiger partial charge in [-0.3, -0.25) is 0 Å². The van der Waals surface area contributed by atoms with Crippen molar-refractivity contribution in [1.82, 2.24) is 5.32 Å². The predicted molar refractivity (Wildman–Crippen MR) is 56.1 cm³/mol. The Morgan fingerprint density at radius 2 is 2.38 bits per heavy atom. The molecule has 0 bridgehead atoms. The monoisotopic (exact) mass is 206 g/mol. The fourth-order valence-corrected chi connectivity index (χ4v) is 0.940. The van der Waals surface area contributed by atoms with Gasteiger partial charge in [0.1, 0.15) is 0 Å². The number of carbonyl (C=O) groups is 1. The van der Waals surface area contributed by atoms with E-state index in [9.17, 15) is 4.79 Å². The molecule has 0 heterocycles. The van der Waals surface area contributed by atoms with Gasteiger partial charge in [0.05, 0.1) is 6.61 Å². The number of hydrogen-bond donors (Lipinski definition) is 3. The van der Waals surface area contributed by atoms with Gasteiger partial charge in [-0.2, -0.15) is 12.6 Å². The largest absolute Gasteiger partial charge is 0.380 e. The van der Waals surface area contributed by atoms with Crippen LogP contribution in [0.1, 0.15) is 19.8 Å². The second-order valence-corrected chi connectivity index (χ2v) is 3.56. The fourth-order valence-electron chi connectivity index (χ4n) is 0.743. The van der Waals surface area contributed by atoms with Gasteiger partial charge in [-0.25, -0.2) is 4.79 Å². The second kappa shape index (κ2) is 8.19. The van der Waals surface area contributed by atoms with Crippen LogP contribution in [0.15, 0.2) is 0 Å². The second-order valence-electron chi connectivity index (χ2n) is 2.83. The van der Waals surface area contributed by atoms with E-state index in [1.54, 1.807) is 0 Å². The van der Waals surface area contributed by atoms with Crippen LogP contribution in [0.2, 0.25) is 0 Å². The van der Waals surface area contributed by atoms with E-state index in [0.29, 0.717) is 13.2 Å². The topological polar surface area (TPSA) is 64.3 Å². The molecule has 0 aromatic heterocycles. The van der Waals surface area contributed by atoms with E-state index in [1.165, 1.54) is 0 Å². The van der Waals surface area contributed by atoms with Crippen molar-refractivity contribution in [2.45, 2.75) is 25.0 Å². The summed E-state index contributed by atoms with van der Waals surface area (Å²) in [4.78, 5) is 10.3. The number of urea groups is 1. The van der Waals surface area contributed by atoms with Crippen LogP contribution >= 0.6 is 12.6 Å². The van der Waals surface area contributed by atoms with Crippen LogP contribution in [0.5, 0.6) is 0 Å². The molecule has 1 atom stereocenters. The highest BCUT2D eigenvalue weighted by Gasteiger charge is 2.03. The number of amides is 2. The van der Waals surface area contributed by atoms with E-state index in [4.69, 9.17) is 10.5 Å².